The van der Waals surface area contributed by atoms with E-state index in [0.717, 1.165) is 59.5 Å². The van der Waals surface area contributed by atoms with Gasteiger partial charge in [0.15, 0.2) is 0 Å². The Morgan fingerprint density at radius 1 is 1.09 bits per heavy atom. The van der Waals surface area contributed by atoms with Crippen molar-refractivity contribution in [1.82, 2.24) is 5.32 Å². The zero-order chi connectivity index (χ0) is 23.1. The standard InChI is InChI=1S/C28H33NO3/c1-7-27-26(22(5)25-11-9-8-10-19(25)2)17-28(32-27)20(3)16-21(4)30-18-31-23(6)24-12-14-29-15-13-24/h7-11,17,24,29H,1,3-6,12-16,18H2,2H3. The van der Waals surface area contributed by atoms with E-state index in [9.17, 15) is 0 Å². The quantitative estimate of drug-likeness (QED) is 0.317. The first-order chi connectivity index (χ1) is 15.4. The summed E-state index contributed by atoms with van der Waals surface area (Å²) in [5.74, 6) is 3.04. The summed E-state index contributed by atoms with van der Waals surface area (Å²) in [6, 6.07) is 10.1. The third-order valence-electron chi connectivity index (χ3n) is 5.80. The van der Waals surface area contributed by atoms with Crippen molar-refractivity contribution < 1.29 is 13.9 Å². The van der Waals surface area contributed by atoms with Crippen molar-refractivity contribution in [3.8, 4) is 0 Å². The Kier molecular flexibility index (Phi) is 7.96. The molecule has 1 aliphatic rings. The Morgan fingerprint density at radius 2 is 1.81 bits per heavy atom. The average Bonchev–Trinajstić information content (AvgIpc) is 3.24. The van der Waals surface area contributed by atoms with E-state index >= 15 is 0 Å². The van der Waals surface area contributed by atoms with Crippen LogP contribution >= 0.6 is 0 Å². The number of allylic oxidation sites excluding steroid dienone is 2. The smallest absolute Gasteiger partial charge is 0.229 e. The normalized spacial score (nSPS) is 13.9. The highest BCUT2D eigenvalue weighted by molar-refractivity contribution is 5.84. The first-order valence-electron chi connectivity index (χ1n) is 10.9. The molecule has 2 aromatic rings. The molecule has 4 nitrogen and oxygen atoms in total. The Hall–Kier alpha value is -3.24. The molecular formula is C28H33NO3. The first-order valence-corrected chi connectivity index (χ1v) is 10.9. The summed E-state index contributed by atoms with van der Waals surface area (Å²) in [6.45, 7) is 24.5. The summed E-state index contributed by atoms with van der Waals surface area (Å²) < 4.78 is 17.4. The summed E-state index contributed by atoms with van der Waals surface area (Å²) in [6.07, 6.45) is 4.21. The highest BCUT2D eigenvalue weighted by Crippen LogP contribution is 2.33. The molecule has 0 unspecified atom stereocenters. The van der Waals surface area contributed by atoms with E-state index in [2.05, 4.69) is 57.3 Å². The number of benzene rings is 1. The van der Waals surface area contributed by atoms with Crippen molar-refractivity contribution in [1.29, 1.82) is 0 Å². The lowest BCUT2D eigenvalue weighted by atomic mass is 9.95. The lowest BCUT2D eigenvalue weighted by Crippen LogP contribution is -2.29. The summed E-state index contributed by atoms with van der Waals surface area (Å²) in [5, 5.41) is 3.34. The molecule has 1 aliphatic heterocycles. The maximum atomic E-state index is 6.00. The highest BCUT2D eigenvalue weighted by atomic mass is 16.7. The van der Waals surface area contributed by atoms with E-state index in [0.29, 0.717) is 29.6 Å². The predicted octanol–water partition coefficient (Wildman–Crippen LogP) is 6.71. The number of nitrogens with one attached hydrogen (secondary N) is 1. The van der Waals surface area contributed by atoms with Crippen LogP contribution in [0.3, 0.4) is 0 Å². The van der Waals surface area contributed by atoms with Gasteiger partial charge in [0.25, 0.3) is 0 Å². The van der Waals surface area contributed by atoms with Gasteiger partial charge < -0.3 is 19.2 Å². The van der Waals surface area contributed by atoms with Crippen LogP contribution in [-0.2, 0) is 9.47 Å². The molecule has 3 rings (SSSR count). The molecule has 0 aliphatic carbocycles. The second kappa shape index (κ2) is 10.9. The molecule has 1 saturated heterocycles. The Morgan fingerprint density at radius 3 is 2.50 bits per heavy atom. The molecule has 1 aromatic heterocycles. The van der Waals surface area contributed by atoms with Crippen LogP contribution < -0.4 is 5.32 Å². The molecule has 0 saturated carbocycles. The molecule has 1 N–H and O–H groups in total. The highest BCUT2D eigenvalue weighted by Gasteiger charge is 2.18. The first kappa shape index (κ1) is 23.4. The largest absolute Gasteiger partial charge is 0.462 e. The van der Waals surface area contributed by atoms with Gasteiger partial charge in [0.05, 0.1) is 11.5 Å². The molecule has 1 aromatic carbocycles. The second-order valence-electron chi connectivity index (χ2n) is 8.10. The lowest BCUT2D eigenvalue weighted by molar-refractivity contribution is 0.000481. The molecular weight excluding hydrogens is 398 g/mol. The van der Waals surface area contributed by atoms with Crippen molar-refractivity contribution in [3.05, 3.63) is 103 Å². The number of hydrogen-bond acceptors (Lipinski definition) is 4. The summed E-state index contributed by atoms with van der Waals surface area (Å²) in [4.78, 5) is 0. The average molecular weight is 432 g/mol. The number of piperidine rings is 1. The minimum absolute atomic E-state index is 0.0975. The minimum atomic E-state index is 0.0975. The van der Waals surface area contributed by atoms with E-state index in [4.69, 9.17) is 13.9 Å². The van der Waals surface area contributed by atoms with E-state index in [1.165, 1.54) is 0 Å². The molecule has 32 heavy (non-hydrogen) atoms. The zero-order valence-corrected chi connectivity index (χ0v) is 19.0. The van der Waals surface area contributed by atoms with Gasteiger partial charge in [0.1, 0.15) is 11.5 Å². The molecule has 168 valence electrons. The SMILES string of the molecule is C=Cc1oc(C(=C)CC(=C)OCOC(=C)C2CCNCC2)cc1C(=C)c1ccccc1C. The van der Waals surface area contributed by atoms with Gasteiger partial charge in [-0.25, -0.2) is 0 Å². The molecule has 1 fully saturated rings. The maximum Gasteiger partial charge on any atom is 0.229 e. The van der Waals surface area contributed by atoms with Crippen LogP contribution in [0.5, 0.6) is 0 Å². The van der Waals surface area contributed by atoms with E-state index < -0.39 is 0 Å². The van der Waals surface area contributed by atoms with Crippen LogP contribution in [0.4, 0.5) is 0 Å². The number of ether oxygens (including phenoxy) is 2. The van der Waals surface area contributed by atoms with Crippen LogP contribution in [0.2, 0.25) is 0 Å². The van der Waals surface area contributed by atoms with Gasteiger partial charge in [-0.15, -0.1) is 0 Å². The van der Waals surface area contributed by atoms with Crippen molar-refractivity contribution in [2.45, 2.75) is 26.2 Å². The van der Waals surface area contributed by atoms with Crippen LogP contribution in [-0.4, -0.2) is 19.9 Å². The molecule has 0 atom stereocenters. The molecule has 0 amide bonds. The lowest BCUT2D eigenvalue weighted by Gasteiger charge is -2.24. The van der Waals surface area contributed by atoms with Crippen molar-refractivity contribution in [3.63, 3.8) is 0 Å². The third kappa shape index (κ3) is 5.71. The predicted molar refractivity (Wildman–Crippen MR) is 133 cm³/mol. The van der Waals surface area contributed by atoms with Crippen molar-refractivity contribution in [2.24, 2.45) is 5.92 Å². The monoisotopic (exact) mass is 431 g/mol. The summed E-state index contributed by atoms with van der Waals surface area (Å²) >= 11 is 0. The fourth-order valence-corrected chi connectivity index (χ4v) is 3.85. The Labute approximate surface area is 191 Å². The number of aryl methyl sites for hydroxylation is 1. The van der Waals surface area contributed by atoms with Crippen LogP contribution in [0.25, 0.3) is 17.2 Å². The minimum Gasteiger partial charge on any atom is -0.462 e. The third-order valence-corrected chi connectivity index (χ3v) is 5.80. The van der Waals surface area contributed by atoms with Crippen LogP contribution in [0.15, 0.2) is 79.2 Å². The number of hydrogen-bond donors (Lipinski definition) is 1. The molecule has 2 heterocycles. The van der Waals surface area contributed by atoms with Gasteiger partial charge in [0, 0.05) is 17.9 Å². The fraction of sp³-hybridized carbons (Fsp3) is 0.286. The maximum absolute atomic E-state index is 6.00. The second-order valence-corrected chi connectivity index (χ2v) is 8.10. The van der Waals surface area contributed by atoms with E-state index in [1.807, 2.05) is 18.2 Å². The van der Waals surface area contributed by atoms with Crippen molar-refractivity contribution in [2.75, 3.05) is 19.9 Å². The molecule has 0 radical (unpaired) electrons. The van der Waals surface area contributed by atoms with Gasteiger partial charge in [-0.05, 0) is 67.3 Å². The number of rotatable bonds is 11. The van der Waals surface area contributed by atoms with E-state index in [-0.39, 0.29) is 6.79 Å². The van der Waals surface area contributed by atoms with Crippen molar-refractivity contribution >= 4 is 17.2 Å². The molecule has 0 bridgehead atoms. The Bertz CT molecular complexity index is 1020. The van der Waals surface area contributed by atoms with Crippen LogP contribution in [0, 0.1) is 12.8 Å². The van der Waals surface area contributed by atoms with Gasteiger partial charge >= 0.3 is 0 Å². The van der Waals surface area contributed by atoms with Gasteiger partial charge in [-0.2, -0.15) is 0 Å². The molecule has 0 spiro atoms. The number of furan rings is 1. The van der Waals surface area contributed by atoms with Gasteiger partial charge in [-0.1, -0.05) is 57.2 Å². The van der Waals surface area contributed by atoms with Gasteiger partial charge in [0.2, 0.25) is 6.79 Å². The Balaban J connectivity index is 1.57. The van der Waals surface area contributed by atoms with Gasteiger partial charge in [-0.3, -0.25) is 0 Å². The molecule has 4 heteroatoms. The topological polar surface area (TPSA) is 43.6 Å². The fourth-order valence-electron chi connectivity index (χ4n) is 3.85. The summed E-state index contributed by atoms with van der Waals surface area (Å²) in [7, 11) is 0. The van der Waals surface area contributed by atoms with Crippen LogP contribution in [0.1, 0.15) is 47.5 Å². The summed E-state index contributed by atoms with van der Waals surface area (Å²) in [5.41, 5.74) is 4.78. The van der Waals surface area contributed by atoms with E-state index in [1.54, 1.807) is 6.08 Å². The zero-order valence-electron chi connectivity index (χ0n) is 19.0.